The van der Waals surface area contributed by atoms with Gasteiger partial charge >= 0.3 is 0 Å². The highest BCUT2D eigenvalue weighted by atomic mass is 16.4. The van der Waals surface area contributed by atoms with Crippen LogP contribution in [0.25, 0.3) is 22.8 Å². The van der Waals surface area contributed by atoms with Crippen LogP contribution in [-0.4, -0.2) is 47.9 Å². The van der Waals surface area contributed by atoms with Gasteiger partial charge in [0.25, 0.3) is 11.8 Å². The van der Waals surface area contributed by atoms with Crippen molar-refractivity contribution in [1.29, 1.82) is 0 Å². The van der Waals surface area contributed by atoms with Gasteiger partial charge in [-0.2, -0.15) is 0 Å². The third-order valence-electron chi connectivity index (χ3n) is 7.22. The number of benzene rings is 4. The number of rotatable bonds is 6. The van der Waals surface area contributed by atoms with E-state index in [-0.39, 0.29) is 17.5 Å². The van der Waals surface area contributed by atoms with Crippen LogP contribution in [0.4, 0.5) is 11.4 Å². The van der Waals surface area contributed by atoms with Gasteiger partial charge in [0.05, 0.1) is 0 Å². The predicted molar refractivity (Wildman–Crippen MR) is 161 cm³/mol. The monoisotopic (exact) mass is 542 g/mol. The number of carbonyl (C=O) groups excluding carboxylic acids is 2. The van der Waals surface area contributed by atoms with Crippen LogP contribution in [0, 0.1) is 6.92 Å². The molecule has 6 rings (SSSR count). The maximum atomic E-state index is 13.8. The summed E-state index contributed by atoms with van der Waals surface area (Å²) < 4.78 is 6.24. The molecule has 0 atom stereocenters. The summed E-state index contributed by atoms with van der Waals surface area (Å²) in [6.45, 7) is 4.61. The van der Waals surface area contributed by atoms with Gasteiger partial charge in [0.15, 0.2) is 11.5 Å². The van der Waals surface area contributed by atoms with Crippen molar-refractivity contribution in [2.45, 2.75) is 6.92 Å². The molecule has 7 nitrogen and oxygen atoms in total. The maximum absolute atomic E-state index is 13.8. The lowest BCUT2D eigenvalue weighted by Gasteiger charge is -2.35. The van der Waals surface area contributed by atoms with Gasteiger partial charge in [0.2, 0.25) is 5.89 Å². The summed E-state index contributed by atoms with van der Waals surface area (Å²) in [5.74, 6) is 0.466. The fourth-order valence-electron chi connectivity index (χ4n) is 5.02. The van der Waals surface area contributed by atoms with Gasteiger partial charge in [0.1, 0.15) is 0 Å². The second-order valence-corrected chi connectivity index (χ2v) is 10.1. The first-order valence-electron chi connectivity index (χ1n) is 13.7. The van der Waals surface area contributed by atoms with E-state index in [1.165, 1.54) is 0 Å². The second-order valence-electron chi connectivity index (χ2n) is 10.1. The minimum Gasteiger partial charge on any atom is -0.435 e. The normalized spacial score (nSPS) is 13.2. The number of hydrogen-bond acceptors (Lipinski definition) is 5. The standard InChI is InChI=1S/C34H30N4O3/c1-24-9-8-12-27(23-24)32(39)35-28-17-15-25(16-18-28)31-30(36-33(41-31)26-10-4-2-5-11-26)34(40)38-21-19-37(20-22-38)29-13-6-3-7-14-29/h2-18,23H,19-22H2,1H3,(H,35,39). The zero-order valence-electron chi connectivity index (χ0n) is 22.8. The van der Waals surface area contributed by atoms with Gasteiger partial charge in [-0.05, 0) is 67.6 Å². The maximum Gasteiger partial charge on any atom is 0.276 e. The number of anilines is 2. The van der Waals surface area contributed by atoms with Crippen molar-refractivity contribution in [3.05, 3.63) is 126 Å². The van der Waals surface area contributed by atoms with E-state index in [0.717, 1.165) is 29.9 Å². The summed E-state index contributed by atoms with van der Waals surface area (Å²) in [6.07, 6.45) is 0. The summed E-state index contributed by atoms with van der Waals surface area (Å²) in [4.78, 5) is 35.3. The first-order chi connectivity index (χ1) is 20.0. The molecule has 0 aliphatic carbocycles. The Morgan fingerprint density at radius 1 is 0.756 bits per heavy atom. The first kappa shape index (κ1) is 26.1. The van der Waals surface area contributed by atoms with Crippen LogP contribution < -0.4 is 10.2 Å². The van der Waals surface area contributed by atoms with Crippen molar-refractivity contribution in [2.75, 3.05) is 36.4 Å². The molecule has 1 fully saturated rings. The van der Waals surface area contributed by atoms with Crippen molar-refractivity contribution in [2.24, 2.45) is 0 Å². The Morgan fingerprint density at radius 3 is 2.12 bits per heavy atom. The zero-order chi connectivity index (χ0) is 28.2. The van der Waals surface area contributed by atoms with Crippen LogP contribution in [0.5, 0.6) is 0 Å². The number of oxazole rings is 1. The quantitative estimate of drug-likeness (QED) is 0.264. The molecule has 2 heterocycles. The highest BCUT2D eigenvalue weighted by Gasteiger charge is 2.29. The fraction of sp³-hybridized carbons (Fsp3) is 0.147. The van der Waals surface area contributed by atoms with Gasteiger partial charge < -0.3 is 19.5 Å². The van der Waals surface area contributed by atoms with E-state index in [0.29, 0.717) is 41.6 Å². The molecule has 1 saturated heterocycles. The van der Waals surface area contributed by atoms with Gasteiger partial charge in [0, 0.05) is 54.2 Å². The van der Waals surface area contributed by atoms with Crippen molar-refractivity contribution in [3.8, 4) is 22.8 Å². The molecule has 204 valence electrons. The number of amides is 2. The third-order valence-corrected chi connectivity index (χ3v) is 7.22. The molecule has 1 aliphatic rings. The van der Waals surface area contributed by atoms with E-state index in [1.807, 2.05) is 90.7 Å². The second kappa shape index (κ2) is 11.5. The van der Waals surface area contributed by atoms with E-state index in [2.05, 4.69) is 27.3 Å². The van der Waals surface area contributed by atoms with Gasteiger partial charge in [-0.15, -0.1) is 0 Å². The molecule has 5 aromatic rings. The average Bonchev–Trinajstić information content (AvgIpc) is 3.48. The summed E-state index contributed by atoms with van der Waals surface area (Å²) in [6, 6.07) is 34.5. The number of carbonyl (C=O) groups is 2. The third kappa shape index (κ3) is 5.75. The van der Waals surface area contributed by atoms with Crippen LogP contribution in [0.1, 0.15) is 26.4 Å². The summed E-state index contributed by atoms with van der Waals surface area (Å²) in [7, 11) is 0. The molecule has 41 heavy (non-hydrogen) atoms. The minimum absolute atomic E-state index is 0.157. The van der Waals surface area contributed by atoms with Gasteiger partial charge in [-0.1, -0.05) is 54.1 Å². The molecule has 0 radical (unpaired) electrons. The van der Waals surface area contributed by atoms with E-state index in [1.54, 1.807) is 18.2 Å². The van der Waals surface area contributed by atoms with Crippen LogP contribution >= 0.6 is 0 Å². The number of nitrogens with zero attached hydrogens (tertiary/aromatic N) is 3. The van der Waals surface area contributed by atoms with Crippen molar-refractivity contribution in [1.82, 2.24) is 9.88 Å². The van der Waals surface area contributed by atoms with Crippen molar-refractivity contribution in [3.63, 3.8) is 0 Å². The highest BCUT2D eigenvalue weighted by Crippen LogP contribution is 2.32. The smallest absolute Gasteiger partial charge is 0.276 e. The zero-order valence-corrected chi connectivity index (χ0v) is 22.8. The number of nitrogens with one attached hydrogen (secondary N) is 1. The largest absolute Gasteiger partial charge is 0.435 e. The molecule has 7 heteroatoms. The Morgan fingerprint density at radius 2 is 1.44 bits per heavy atom. The molecular weight excluding hydrogens is 512 g/mol. The molecule has 0 spiro atoms. The van der Waals surface area contributed by atoms with Crippen molar-refractivity contribution < 1.29 is 14.0 Å². The Hall–Kier alpha value is -5.17. The molecule has 4 aromatic carbocycles. The van der Waals surface area contributed by atoms with E-state index < -0.39 is 0 Å². The molecule has 0 bridgehead atoms. The Labute approximate surface area is 239 Å². The Balaban J connectivity index is 1.25. The lowest BCUT2D eigenvalue weighted by Crippen LogP contribution is -2.49. The summed E-state index contributed by atoms with van der Waals surface area (Å²) in [5, 5.41) is 2.94. The van der Waals surface area contributed by atoms with E-state index in [4.69, 9.17) is 4.42 Å². The molecule has 1 N–H and O–H groups in total. The van der Waals surface area contributed by atoms with E-state index >= 15 is 0 Å². The molecule has 0 unspecified atom stereocenters. The number of hydrogen-bond donors (Lipinski definition) is 1. The molecule has 1 aromatic heterocycles. The molecule has 2 amide bonds. The number of piperazine rings is 1. The van der Waals surface area contributed by atoms with E-state index in [9.17, 15) is 9.59 Å². The van der Waals surface area contributed by atoms with Gasteiger partial charge in [-0.3, -0.25) is 9.59 Å². The lowest BCUT2D eigenvalue weighted by atomic mass is 10.1. The number of para-hydroxylation sites is 1. The predicted octanol–water partition coefficient (Wildman–Crippen LogP) is 6.53. The summed E-state index contributed by atoms with van der Waals surface area (Å²) >= 11 is 0. The van der Waals surface area contributed by atoms with Gasteiger partial charge in [-0.25, -0.2) is 4.98 Å². The summed E-state index contributed by atoms with van der Waals surface area (Å²) in [5.41, 5.74) is 5.20. The minimum atomic E-state index is -0.182. The van der Waals surface area contributed by atoms with Crippen molar-refractivity contribution >= 4 is 23.2 Å². The molecular formula is C34H30N4O3. The Bertz CT molecular complexity index is 1660. The number of aryl methyl sites for hydroxylation is 1. The Kier molecular flexibility index (Phi) is 7.32. The molecule has 0 saturated carbocycles. The van der Waals surface area contributed by atoms with Crippen LogP contribution in [-0.2, 0) is 0 Å². The van der Waals surface area contributed by atoms with Crippen LogP contribution in [0.15, 0.2) is 114 Å². The lowest BCUT2D eigenvalue weighted by molar-refractivity contribution is 0.0741. The topological polar surface area (TPSA) is 78.7 Å². The highest BCUT2D eigenvalue weighted by molar-refractivity contribution is 6.04. The number of aromatic nitrogens is 1. The van der Waals surface area contributed by atoms with Crippen LogP contribution in [0.3, 0.4) is 0 Å². The first-order valence-corrected chi connectivity index (χ1v) is 13.7. The van der Waals surface area contributed by atoms with Crippen LogP contribution in [0.2, 0.25) is 0 Å². The molecule has 1 aliphatic heterocycles. The average molecular weight is 543 g/mol. The fourth-order valence-corrected chi connectivity index (χ4v) is 5.02. The SMILES string of the molecule is Cc1cccc(C(=O)Nc2ccc(-c3oc(-c4ccccc4)nc3C(=O)N3CCN(c4ccccc4)CC3)cc2)c1.